The number of hydrogen-bond donors (Lipinski definition) is 1. The van der Waals surface area contributed by atoms with Crippen molar-refractivity contribution in [1.82, 2.24) is 9.55 Å². The number of aromatic nitrogens is 2. The lowest BCUT2D eigenvalue weighted by Crippen LogP contribution is -2.47. The van der Waals surface area contributed by atoms with Crippen LogP contribution in [0.15, 0.2) is 6.20 Å². The van der Waals surface area contributed by atoms with Crippen LogP contribution in [0.3, 0.4) is 0 Å². The highest BCUT2D eigenvalue weighted by Gasteiger charge is 2.51. The minimum atomic E-state index is -4.40. The molecule has 0 saturated heterocycles. The maximum absolute atomic E-state index is 13.1. The SMILES string of the molecule is CC(C)n1cc(C(F)(F)F)nc1C12CCC(CO)(CC1)CC2. The van der Waals surface area contributed by atoms with Crippen LogP contribution >= 0.6 is 0 Å². The van der Waals surface area contributed by atoms with E-state index < -0.39 is 11.9 Å². The maximum Gasteiger partial charge on any atom is 0.434 e. The van der Waals surface area contributed by atoms with E-state index >= 15 is 0 Å². The van der Waals surface area contributed by atoms with Gasteiger partial charge in [0.1, 0.15) is 5.82 Å². The highest BCUT2D eigenvalue weighted by atomic mass is 19.4. The molecule has 3 saturated carbocycles. The average molecular weight is 316 g/mol. The van der Waals surface area contributed by atoms with E-state index in [4.69, 9.17) is 0 Å². The first-order valence-corrected chi connectivity index (χ1v) is 7.99. The molecule has 124 valence electrons. The van der Waals surface area contributed by atoms with Gasteiger partial charge in [-0.1, -0.05) is 0 Å². The van der Waals surface area contributed by atoms with Crippen LogP contribution in [0.4, 0.5) is 13.2 Å². The number of rotatable bonds is 3. The first kappa shape index (κ1) is 15.8. The van der Waals surface area contributed by atoms with Crippen molar-refractivity contribution in [3.63, 3.8) is 0 Å². The predicted octanol–water partition coefficient (Wildman–Crippen LogP) is 4.07. The Kier molecular flexibility index (Phi) is 3.59. The van der Waals surface area contributed by atoms with Crippen LogP contribution in [-0.4, -0.2) is 21.3 Å². The molecule has 0 amide bonds. The third-order valence-corrected chi connectivity index (χ3v) is 5.79. The fraction of sp³-hybridized carbons (Fsp3) is 0.812. The van der Waals surface area contributed by atoms with Crippen LogP contribution in [0.5, 0.6) is 0 Å². The Morgan fingerprint density at radius 2 is 1.73 bits per heavy atom. The van der Waals surface area contributed by atoms with Crippen molar-refractivity contribution in [1.29, 1.82) is 0 Å². The number of aliphatic hydroxyl groups is 1. The molecule has 0 atom stereocenters. The van der Waals surface area contributed by atoms with Crippen LogP contribution < -0.4 is 0 Å². The van der Waals surface area contributed by atoms with E-state index in [1.807, 2.05) is 13.8 Å². The molecule has 0 aromatic carbocycles. The van der Waals surface area contributed by atoms with Gasteiger partial charge in [-0.15, -0.1) is 0 Å². The summed E-state index contributed by atoms with van der Waals surface area (Å²) in [5.74, 6) is 0.598. The van der Waals surface area contributed by atoms with Crippen LogP contribution in [-0.2, 0) is 11.6 Å². The molecule has 4 rings (SSSR count). The fourth-order valence-corrected chi connectivity index (χ4v) is 4.15. The molecule has 3 fully saturated rings. The highest BCUT2D eigenvalue weighted by molar-refractivity contribution is 5.21. The normalized spacial score (nSPS) is 32.0. The predicted molar refractivity (Wildman–Crippen MR) is 76.5 cm³/mol. The van der Waals surface area contributed by atoms with E-state index in [1.165, 1.54) is 0 Å². The number of hydrogen-bond acceptors (Lipinski definition) is 2. The number of fused-ring (bicyclic) bond motifs is 3. The largest absolute Gasteiger partial charge is 0.434 e. The molecule has 0 spiro atoms. The standard InChI is InChI=1S/C16H23F3N2O/c1-11(2)21-9-12(16(17,18)19)20-13(21)15-6-3-14(10-22,4-7-15)5-8-15/h9,11,22H,3-8,10H2,1-2H3. The summed E-state index contributed by atoms with van der Waals surface area (Å²) < 4.78 is 40.9. The average Bonchev–Trinajstić information content (AvgIpc) is 2.95. The first-order chi connectivity index (χ1) is 10.2. The van der Waals surface area contributed by atoms with Gasteiger partial charge in [0, 0.05) is 24.3 Å². The van der Waals surface area contributed by atoms with Gasteiger partial charge in [-0.05, 0) is 57.8 Å². The smallest absolute Gasteiger partial charge is 0.396 e. The zero-order valence-corrected chi connectivity index (χ0v) is 13.1. The maximum atomic E-state index is 13.1. The number of alkyl halides is 3. The molecule has 1 heterocycles. The van der Waals surface area contributed by atoms with Gasteiger partial charge in [-0.25, -0.2) is 4.98 Å². The third kappa shape index (κ3) is 2.36. The molecule has 6 heteroatoms. The van der Waals surface area contributed by atoms with Crippen LogP contribution in [0.25, 0.3) is 0 Å². The molecule has 1 aromatic rings. The van der Waals surface area contributed by atoms with E-state index in [2.05, 4.69) is 4.98 Å². The molecule has 2 bridgehead atoms. The second-order valence-corrected chi connectivity index (χ2v) is 7.39. The third-order valence-electron chi connectivity index (χ3n) is 5.79. The van der Waals surface area contributed by atoms with Crippen molar-refractivity contribution in [2.24, 2.45) is 5.41 Å². The Balaban J connectivity index is 2.00. The topological polar surface area (TPSA) is 38.0 Å². The molecule has 0 unspecified atom stereocenters. The molecule has 1 N–H and O–H groups in total. The summed E-state index contributed by atoms with van der Waals surface area (Å²) in [5.41, 5.74) is -1.02. The molecule has 3 nitrogen and oxygen atoms in total. The van der Waals surface area contributed by atoms with Crippen LogP contribution in [0.2, 0.25) is 0 Å². The number of aliphatic hydroxyl groups excluding tert-OH is 1. The summed E-state index contributed by atoms with van der Waals surface area (Å²) in [5, 5.41) is 9.60. The Labute approximate surface area is 128 Å². The van der Waals surface area contributed by atoms with Crippen molar-refractivity contribution in [2.45, 2.75) is 70.0 Å². The molecule has 0 aliphatic heterocycles. The zero-order valence-electron chi connectivity index (χ0n) is 13.1. The molecule has 1 aromatic heterocycles. The van der Waals surface area contributed by atoms with Gasteiger partial charge in [0.15, 0.2) is 5.69 Å². The van der Waals surface area contributed by atoms with Gasteiger partial charge in [-0.3, -0.25) is 0 Å². The lowest BCUT2D eigenvalue weighted by molar-refractivity contribution is -0.141. The second kappa shape index (κ2) is 4.98. The van der Waals surface area contributed by atoms with Gasteiger partial charge in [0.05, 0.1) is 0 Å². The van der Waals surface area contributed by atoms with Gasteiger partial charge >= 0.3 is 6.18 Å². The molecule has 3 aliphatic rings. The molecular formula is C16H23F3N2O. The Bertz CT molecular complexity index is 538. The Hall–Kier alpha value is -1.04. The van der Waals surface area contributed by atoms with Crippen molar-refractivity contribution >= 4 is 0 Å². The number of nitrogens with zero attached hydrogens (tertiary/aromatic N) is 2. The summed E-state index contributed by atoms with van der Waals surface area (Å²) in [6.07, 6.45) is 1.90. The quantitative estimate of drug-likeness (QED) is 0.913. The second-order valence-electron chi connectivity index (χ2n) is 7.39. The van der Waals surface area contributed by atoms with Crippen molar-refractivity contribution in [2.75, 3.05) is 6.61 Å². The molecule has 3 aliphatic carbocycles. The lowest BCUT2D eigenvalue weighted by Gasteiger charge is -2.52. The van der Waals surface area contributed by atoms with E-state index in [0.29, 0.717) is 5.82 Å². The highest BCUT2D eigenvalue weighted by Crippen LogP contribution is 2.57. The van der Waals surface area contributed by atoms with E-state index in [1.54, 1.807) is 4.57 Å². The molecular weight excluding hydrogens is 293 g/mol. The summed E-state index contributed by atoms with van der Waals surface area (Å²) in [7, 11) is 0. The Morgan fingerprint density at radius 1 is 1.18 bits per heavy atom. The summed E-state index contributed by atoms with van der Waals surface area (Å²) in [6, 6.07) is -0.0422. The molecule has 22 heavy (non-hydrogen) atoms. The summed E-state index contributed by atoms with van der Waals surface area (Å²) >= 11 is 0. The van der Waals surface area contributed by atoms with Crippen LogP contribution in [0.1, 0.15) is 69.9 Å². The van der Waals surface area contributed by atoms with Gasteiger partial charge in [0.2, 0.25) is 0 Å². The lowest BCUT2D eigenvalue weighted by atomic mass is 9.53. The summed E-state index contributed by atoms with van der Waals surface area (Å²) in [4.78, 5) is 4.02. The molecule has 0 radical (unpaired) electrons. The summed E-state index contributed by atoms with van der Waals surface area (Å²) in [6.45, 7) is 3.98. The number of halogens is 3. The number of imidazole rings is 1. The van der Waals surface area contributed by atoms with Crippen molar-refractivity contribution in [3.8, 4) is 0 Å². The van der Waals surface area contributed by atoms with Crippen molar-refractivity contribution < 1.29 is 18.3 Å². The minimum Gasteiger partial charge on any atom is -0.396 e. The Morgan fingerprint density at radius 3 is 2.14 bits per heavy atom. The van der Waals surface area contributed by atoms with E-state index in [-0.39, 0.29) is 23.5 Å². The van der Waals surface area contributed by atoms with E-state index in [9.17, 15) is 18.3 Å². The van der Waals surface area contributed by atoms with Gasteiger partial charge < -0.3 is 9.67 Å². The monoisotopic (exact) mass is 316 g/mol. The van der Waals surface area contributed by atoms with Crippen LogP contribution in [0, 0.1) is 5.41 Å². The first-order valence-electron chi connectivity index (χ1n) is 7.99. The van der Waals surface area contributed by atoms with Gasteiger partial charge in [0.25, 0.3) is 0 Å². The van der Waals surface area contributed by atoms with Crippen molar-refractivity contribution in [3.05, 3.63) is 17.7 Å². The fourth-order valence-electron chi connectivity index (χ4n) is 4.15. The van der Waals surface area contributed by atoms with E-state index in [0.717, 1.165) is 44.7 Å². The van der Waals surface area contributed by atoms with Gasteiger partial charge in [-0.2, -0.15) is 13.2 Å². The zero-order chi connectivity index (χ0) is 16.2. The minimum absolute atomic E-state index is 0.00383.